The van der Waals surface area contributed by atoms with Crippen LogP contribution in [0.3, 0.4) is 0 Å². The molecule has 0 aromatic rings. The Morgan fingerprint density at radius 2 is 1.50 bits per heavy atom. The summed E-state index contributed by atoms with van der Waals surface area (Å²) in [6.07, 6.45) is 0.664. The lowest BCUT2D eigenvalue weighted by atomic mass is 10.1. The molecule has 132 valence electrons. The van der Waals surface area contributed by atoms with E-state index in [9.17, 15) is 9.59 Å². The first-order chi connectivity index (χ1) is 10.3. The highest BCUT2D eigenvalue weighted by atomic mass is 16.4. The van der Waals surface area contributed by atoms with Crippen LogP contribution in [-0.4, -0.2) is 73.9 Å². The lowest BCUT2D eigenvalue weighted by Crippen LogP contribution is -2.44. The van der Waals surface area contributed by atoms with E-state index in [-0.39, 0.29) is 0 Å². The Morgan fingerprint density at radius 3 is 1.91 bits per heavy atom. The van der Waals surface area contributed by atoms with Gasteiger partial charge in [-0.3, -0.25) is 9.59 Å². The van der Waals surface area contributed by atoms with Crippen molar-refractivity contribution in [1.29, 1.82) is 0 Å². The van der Waals surface area contributed by atoms with E-state index < -0.39 is 43.3 Å². The zero-order valence-electron chi connectivity index (χ0n) is 12.9. The van der Waals surface area contributed by atoms with Crippen molar-refractivity contribution in [3.05, 3.63) is 0 Å². The van der Waals surface area contributed by atoms with Gasteiger partial charge in [0.05, 0.1) is 6.61 Å². The van der Waals surface area contributed by atoms with E-state index in [0.717, 1.165) is 12.8 Å². The van der Waals surface area contributed by atoms with Crippen LogP contribution in [0.2, 0.25) is 0 Å². The molecule has 0 aliphatic heterocycles. The number of Topliss-reactive ketones (excluding diaryl/α,β-unsaturated/α-hetero) is 1. The van der Waals surface area contributed by atoms with Gasteiger partial charge < -0.3 is 30.6 Å². The molecule has 0 fully saturated rings. The van der Waals surface area contributed by atoms with Crippen molar-refractivity contribution in [1.82, 2.24) is 0 Å². The minimum absolute atomic E-state index is 0.337. The number of carboxylic acids is 1. The molecule has 0 saturated heterocycles. The van der Waals surface area contributed by atoms with Crippen LogP contribution in [0.25, 0.3) is 0 Å². The molecule has 0 aromatic heterocycles. The fourth-order valence-corrected chi connectivity index (χ4v) is 1.48. The van der Waals surface area contributed by atoms with Gasteiger partial charge in [0, 0.05) is 6.42 Å². The Hall–Kier alpha value is -1.06. The summed E-state index contributed by atoms with van der Waals surface area (Å²) in [5.41, 5.74) is 0. The van der Waals surface area contributed by atoms with Gasteiger partial charge in [0.1, 0.15) is 24.9 Å². The van der Waals surface area contributed by atoms with Gasteiger partial charge in [-0.25, -0.2) is 0 Å². The molecule has 0 heterocycles. The minimum Gasteiger partial charge on any atom is -0.481 e. The topological polar surface area (TPSA) is 156 Å². The van der Waals surface area contributed by atoms with Crippen LogP contribution >= 0.6 is 0 Å². The van der Waals surface area contributed by atoms with Crippen LogP contribution in [0.5, 0.6) is 0 Å². The second-order valence-corrected chi connectivity index (χ2v) is 4.87. The molecule has 0 rings (SSSR count). The predicted molar refractivity (Wildman–Crippen MR) is 78.2 cm³/mol. The number of carboxylic acid groups (broad SMARTS) is 1. The van der Waals surface area contributed by atoms with Crippen molar-refractivity contribution < 1.29 is 40.2 Å². The van der Waals surface area contributed by atoms with Crippen LogP contribution in [0.1, 0.15) is 45.4 Å². The molecule has 22 heavy (non-hydrogen) atoms. The standard InChI is InChI=1S/C8H16O2.C6H12O6/c1-2-3-4-5-6-7-8(9)10;7-1-3(9)5(11)6(12)4(10)2-8/h2-7H2,1H3,(H,9,10);3,5-9,11-12H,1-2H2. The number of unbranched alkanes of at least 4 members (excludes halogenated alkanes) is 4. The number of hydrogen-bond donors (Lipinski definition) is 6. The van der Waals surface area contributed by atoms with E-state index in [1.807, 2.05) is 0 Å². The van der Waals surface area contributed by atoms with Crippen LogP contribution < -0.4 is 0 Å². The number of hydrogen-bond acceptors (Lipinski definition) is 7. The highest BCUT2D eigenvalue weighted by molar-refractivity contribution is 5.84. The van der Waals surface area contributed by atoms with Gasteiger partial charge in [0.2, 0.25) is 0 Å². The number of rotatable bonds is 11. The Bertz CT molecular complexity index is 295. The molecule has 0 amide bonds. The van der Waals surface area contributed by atoms with E-state index in [4.69, 9.17) is 30.6 Å². The maximum Gasteiger partial charge on any atom is 0.303 e. The van der Waals surface area contributed by atoms with E-state index >= 15 is 0 Å². The maximum absolute atomic E-state index is 10.5. The summed E-state index contributed by atoms with van der Waals surface area (Å²) in [6, 6.07) is 0. The third kappa shape index (κ3) is 12.7. The Morgan fingerprint density at radius 1 is 0.955 bits per heavy atom. The maximum atomic E-state index is 10.5. The minimum atomic E-state index is -1.86. The van der Waals surface area contributed by atoms with Crippen LogP contribution in [0, 0.1) is 0 Å². The molecule has 0 spiro atoms. The lowest BCUT2D eigenvalue weighted by molar-refractivity contribution is -0.142. The predicted octanol–water partition coefficient (Wildman–Crippen LogP) is -0.946. The summed E-state index contributed by atoms with van der Waals surface area (Å²) in [6.45, 7) is 0.463. The first-order valence-corrected chi connectivity index (χ1v) is 7.32. The molecule has 0 radical (unpaired) electrons. The summed E-state index contributed by atoms with van der Waals surface area (Å²) in [5.74, 6) is -1.67. The van der Waals surface area contributed by atoms with E-state index in [1.54, 1.807) is 0 Å². The van der Waals surface area contributed by atoms with Gasteiger partial charge in [-0.2, -0.15) is 0 Å². The number of ketones is 1. The average Bonchev–Trinajstić information content (AvgIpc) is 2.51. The molecule has 3 atom stereocenters. The Kier molecular flexibility index (Phi) is 15.7. The Balaban J connectivity index is 0. The summed E-state index contributed by atoms with van der Waals surface area (Å²) < 4.78 is 0. The van der Waals surface area contributed by atoms with Crippen molar-refractivity contribution in [2.45, 2.75) is 63.8 Å². The summed E-state index contributed by atoms with van der Waals surface area (Å²) in [4.78, 5) is 20.6. The van der Waals surface area contributed by atoms with Crippen molar-refractivity contribution in [2.75, 3.05) is 13.2 Å². The first kappa shape index (κ1) is 23.2. The van der Waals surface area contributed by atoms with E-state index in [0.29, 0.717) is 6.42 Å². The normalized spacial score (nSPS) is 14.5. The molecule has 3 unspecified atom stereocenters. The van der Waals surface area contributed by atoms with Gasteiger partial charge in [-0.05, 0) is 6.42 Å². The molecular weight excluding hydrogens is 296 g/mol. The summed E-state index contributed by atoms with van der Waals surface area (Å²) in [7, 11) is 0. The largest absolute Gasteiger partial charge is 0.481 e. The van der Waals surface area contributed by atoms with Crippen molar-refractivity contribution in [2.24, 2.45) is 0 Å². The number of carbonyl (C=O) groups excluding carboxylic acids is 1. The zero-order chi connectivity index (χ0) is 17.5. The SMILES string of the molecule is CCCCCCCC(=O)O.O=C(CO)C(O)C(O)C(O)CO. The third-order valence-electron chi connectivity index (χ3n) is 2.88. The van der Waals surface area contributed by atoms with E-state index in [2.05, 4.69) is 6.92 Å². The molecule has 0 saturated carbocycles. The first-order valence-electron chi connectivity index (χ1n) is 7.32. The quantitative estimate of drug-likeness (QED) is 0.266. The fourth-order valence-electron chi connectivity index (χ4n) is 1.48. The molecule has 6 N–H and O–H groups in total. The van der Waals surface area contributed by atoms with E-state index in [1.165, 1.54) is 19.3 Å². The van der Waals surface area contributed by atoms with Crippen molar-refractivity contribution in [3.63, 3.8) is 0 Å². The number of aliphatic hydroxyl groups is 5. The van der Waals surface area contributed by atoms with Crippen LogP contribution in [-0.2, 0) is 9.59 Å². The summed E-state index contributed by atoms with van der Waals surface area (Å²) in [5, 5.41) is 51.3. The third-order valence-corrected chi connectivity index (χ3v) is 2.88. The van der Waals surface area contributed by atoms with Gasteiger partial charge in [-0.1, -0.05) is 32.6 Å². The van der Waals surface area contributed by atoms with Crippen LogP contribution in [0.4, 0.5) is 0 Å². The van der Waals surface area contributed by atoms with Gasteiger partial charge in [0.25, 0.3) is 0 Å². The molecule has 0 aliphatic carbocycles. The second kappa shape index (κ2) is 14.9. The van der Waals surface area contributed by atoms with Crippen molar-refractivity contribution >= 4 is 11.8 Å². The second-order valence-electron chi connectivity index (χ2n) is 4.87. The van der Waals surface area contributed by atoms with Gasteiger partial charge in [0.15, 0.2) is 5.78 Å². The molecule has 0 aromatic carbocycles. The average molecular weight is 324 g/mol. The monoisotopic (exact) mass is 324 g/mol. The number of carbonyl (C=O) groups is 2. The number of aliphatic carboxylic acids is 1. The van der Waals surface area contributed by atoms with Crippen molar-refractivity contribution in [3.8, 4) is 0 Å². The molecule has 8 nitrogen and oxygen atoms in total. The van der Waals surface area contributed by atoms with Gasteiger partial charge in [-0.15, -0.1) is 0 Å². The highest BCUT2D eigenvalue weighted by Gasteiger charge is 2.28. The Labute approximate surface area is 130 Å². The molecule has 0 bridgehead atoms. The molecular formula is C14H28O8. The smallest absolute Gasteiger partial charge is 0.303 e. The van der Waals surface area contributed by atoms with Gasteiger partial charge >= 0.3 is 5.97 Å². The fraction of sp³-hybridized carbons (Fsp3) is 0.857. The highest BCUT2D eigenvalue weighted by Crippen LogP contribution is 2.04. The zero-order valence-corrected chi connectivity index (χ0v) is 12.9. The molecule has 0 aliphatic rings. The molecule has 8 heteroatoms. The van der Waals surface area contributed by atoms with Crippen LogP contribution in [0.15, 0.2) is 0 Å². The number of aliphatic hydroxyl groups excluding tert-OH is 5. The lowest BCUT2D eigenvalue weighted by Gasteiger charge is -2.19. The summed E-state index contributed by atoms with van der Waals surface area (Å²) >= 11 is 0.